The molecule has 0 spiro atoms. The molecule has 3 rings (SSSR count). The molecule has 1 aliphatic heterocycles. The van der Waals surface area contributed by atoms with Crippen molar-refractivity contribution in [2.24, 2.45) is 11.8 Å². The number of hydrogen-bond donors (Lipinski definition) is 2. The summed E-state index contributed by atoms with van der Waals surface area (Å²) < 4.78 is 0. The van der Waals surface area contributed by atoms with E-state index in [1.807, 2.05) is 43.3 Å². The van der Waals surface area contributed by atoms with Gasteiger partial charge in [0.15, 0.2) is 0 Å². The van der Waals surface area contributed by atoms with E-state index in [9.17, 15) is 14.4 Å². The number of nitrogens with zero attached hydrogens (tertiary/aromatic N) is 1. The van der Waals surface area contributed by atoms with Crippen LogP contribution in [-0.4, -0.2) is 29.2 Å². The molecule has 2 atom stereocenters. The SMILES string of the molecule is Cc1ccccc1NNC(=O)CCN1C(=O)[C@@H]2CC=CC[C@H]2C1=O. The first-order valence-electron chi connectivity index (χ1n) is 8.18. The third kappa shape index (κ3) is 3.18. The molecule has 2 aliphatic rings. The average Bonchev–Trinajstić information content (AvgIpc) is 2.84. The van der Waals surface area contributed by atoms with E-state index in [2.05, 4.69) is 10.9 Å². The molecule has 1 heterocycles. The number of fused-ring (bicyclic) bond motifs is 1. The highest BCUT2D eigenvalue weighted by molar-refractivity contribution is 6.05. The monoisotopic (exact) mass is 327 g/mol. The number of likely N-dealkylation sites (tertiary alicyclic amines) is 1. The molecular formula is C18H21N3O3. The zero-order valence-electron chi connectivity index (χ0n) is 13.6. The van der Waals surface area contributed by atoms with Crippen LogP contribution in [0.5, 0.6) is 0 Å². The fourth-order valence-electron chi connectivity index (χ4n) is 3.22. The second-order valence-corrected chi connectivity index (χ2v) is 6.22. The predicted molar refractivity (Wildman–Crippen MR) is 89.6 cm³/mol. The molecule has 1 fully saturated rings. The Kier molecular flexibility index (Phi) is 4.64. The van der Waals surface area contributed by atoms with Crippen molar-refractivity contribution < 1.29 is 14.4 Å². The third-order valence-electron chi connectivity index (χ3n) is 4.64. The van der Waals surface area contributed by atoms with Crippen LogP contribution in [0.15, 0.2) is 36.4 Å². The van der Waals surface area contributed by atoms with Crippen molar-refractivity contribution in [2.75, 3.05) is 12.0 Å². The minimum atomic E-state index is -0.258. The Hall–Kier alpha value is -2.63. The lowest BCUT2D eigenvalue weighted by molar-refractivity contribution is -0.140. The quantitative estimate of drug-likeness (QED) is 0.491. The van der Waals surface area contributed by atoms with Crippen LogP contribution in [0, 0.1) is 18.8 Å². The summed E-state index contributed by atoms with van der Waals surface area (Å²) in [6, 6.07) is 7.59. The Morgan fingerprint density at radius 2 is 1.75 bits per heavy atom. The number of imide groups is 1. The van der Waals surface area contributed by atoms with Crippen molar-refractivity contribution in [3.63, 3.8) is 0 Å². The summed E-state index contributed by atoms with van der Waals surface area (Å²) in [6.45, 7) is 2.07. The molecule has 0 unspecified atom stereocenters. The van der Waals surface area contributed by atoms with Gasteiger partial charge in [-0.1, -0.05) is 30.4 Å². The predicted octanol–water partition coefficient (Wildman–Crippen LogP) is 1.78. The van der Waals surface area contributed by atoms with Crippen LogP contribution in [0.4, 0.5) is 5.69 Å². The lowest BCUT2D eigenvalue weighted by Crippen LogP contribution is -2.37. The number of allylic oxidation sites excluding steroid dienone is 2. The number of benzene rings is 1. The topological polar surface area (TPSA) is 78.5 Å². The Balaban J connectivity index is 1.51. The minimum absolute atomic E-state index is 0.0865. The van der Waals surface area contributed by atoms with Crippen LogP contribution in [0.1, 0.15) is 24.8 Å². The Labute approximate surface area is 140 Å². The maximum Gasteiger partial charge on any atom is 0.240 e. The normalized spacial score (nSPS) is 22.5. The van der Waals surface area contributed by atoms with Crippen molar-refractivity contribution in [1.82, 2.24) is 10.3 Å². The molecule has 0 aromatic heterocycles. The number of amides is 3. The molecular weight excluding hydrogens is 306 g/mol. The van der Waals surface area contributed by atoms with Gasteiger partial charge in [-0.2, -0.15) is 0 Å². The van der Waals surface area contributed by atoms with Gasteiger partial charge < -0.3 is 0 Å². The van der Waals surface area contributed by atoms with Crippen molar-refractivity contribution >= 4 is 23.4 Å². The van der Waals surface area contributed by atoms with Gasteiger partial charge in [-0.3, -0.25) is 30.1 Å². The number of para-hydroxylation sites is 1. The van der Waals surface area contributed by atoms with Crippen molar-refractivity contribution in [3.8, 4) is 0 Å². The van der Waals surface area contributed by atoms with E-state index >= 15 is 0 Å². The second kappa shape index (κ2) is 6.86. The highest BCUT2D eigenvalue weighted by Gasteiger charge is 2.46. The summed E-state index contributed by atoms with van der Waals surface area (Å²) in [5.74, 6) is -1.03. The average molecular weight is 327 g/mol. The fraction of sp³-hybridized carbons (Fsp3) is 0.389. The molecule has 126 valence electrons. The largest absolute Gasteiger partial charge is 0.298 e. The van der Waals surface area contributed by atoms with Gasteiger partial charge in [0.05, 0.1) is 17.5 Å². The maximum absolute atomic E-state index is 12.3. The summed E-state index contributed by atoms with van der Waals surface area (Å²) in [4.78, 5) is 37.8. The molecule has 1 saturated heterocycles. The van der Waals surface area contributed by atoms with Crippen molar-refractivity contribution in [1.29, 1.82) is 0 Å². The molecule has 0 bridgehead atoms. The summed E-state index contributed by atoms with van der Waals surface area (Å²) in [6.07, 6.45) is 5.23. The van der Waals surface area contributed by atoms with Crippen molar-refractivity contribution in [3.05, 3.63) is 42.0 Å². The first-order valence-corrected chi connectivity index (χ1v) is 8.18. The number of rotatable bonds is 5. The number of nitrogens with one attached hydrogen (secondary N) is 2. The van der Waals surface area contributed by atoms with Crippen LogP contribution in [0.3, 0.4) is 0 Å². The zero-order valence-corrected chi connectivity index (χ0v) is 13.6. The van der Waals surface area contributed by atoms with E-state index in [1.165, 1.54) is 4.90 Å². The lowest BCUT2D eigenvalue weighted by Gasteiger charge is -2.15. The van der Waals surface area contributed by atoms with Gasteiger partial charge in [-0.15, -0.1) is 0 Å². The van der Waals surface area contributed by atoms with Crippen LogP contribution >= 0.6 is 0 Å². The number of carbonyl (C=O) groups excluding carboxylic acids is 3. The fourth-order valence-corrected chi connectivity index (χ4v) is 3.22. The van der Waals surface area contributed by atoms with Gasteiger partial charge in [0.1, 0.15) is 0 Å². The van der Waals surface area contributed by atoms with Crippen LogP contribution in [0.2, 0.25) is 0 Å². The number of anilines is 1. The highest BCUT2D eigenvalue weighted by Crippen LogP contribution is 2.34. The zero-order chi connectivity index (χ0) is 17.1. The number of aryl methyl sites for hydroxylation is 1. The minimum Gasteiger partial charge on any atom is -0.298 e. The van der Waals surface area contributed by atoms with E-state index in [4.69, 9.17) is 0 Å². The van der Waals surface area contributed by atoms with E-state index < -0.39 is 0 Å². The molecule has 2 N–H and O–H groups in total. The number of hydrazine groups is 1. The molecule has 6 heteroatoms. The Morgan fingerprint density at radius 3 is 2.38 bits per heavy atom. The standard InChI is InChI=1S/C18H21N3O3/c1-12-6-2-5-9-15(12)19-20-16(22)10-11-21-17(23)13-7-3-4-8-14(13)18(21)24/h2-6,9,13-14,19H,7-8,10-11H2,1H3,(H,20,22)/t13-,14-/m1/s1. The molecule has 1 aromatic rings. The Morgan fingerprint density at radius 1 is 1.12 bits per heavy atom. The summed E-state index contributed by atoms with van der Waals surface area (Å²) in [7, 11) is 0. The summed E-state index contributed by atoms with van der Waals surface area (Å²) >= 11 is 0. The van der Waals surface area contributed by atoms with Crippen molar-refractivity contribution in [2.45, 2.75) is 26.2 Å². The van der Waals surface area contributed by atoms with Crippen LogP contribution in [-0.2, 0) is 14.4 Å². The van der Waals surface area contributed by atoms with Gasteiger partial charge >= 0.3 is 0 Å². The molecule has 6 nitrogen and oxygen atoms in total. The van der Waals surface area contributed by atoms with E-state index in [0.29, 0.717) is 12.8 Å². The van der Waals surface area contributed by atoms with Gasteiger partial charge in [-0.05, 0) is 31.4 Å². The Bertz CT molecular complexity index is 673. The molecule has 1 aromatic carbocycles. The summed E-state index contributed by atoms with van der Waals surface area (Å²) in [5, 5.41) is 0. The van der Waals surface area contributed by atoms with Gasteiger partial charge in [0.25, 0.3) is 0 Å². The lowest BCUT2D eigenvalue weighted by atomic mass is 9.85. The number of hydrogen-bond acceptors (Lipinski definition) is 4. The van der Waals surface area contributed by atoms with Crippen LogP contribution in [0.25, 0.3) is 0 Å². The highest BCUT2D eigenvalue weighted by atomic mass is 16.2. The second-order valence-electron chi connectivity index (χ2n) is 6.22. The van der Waals surface area contributed by atoms with E-state index in [-0.39, 0.29) is 42.5 Å². The molecule has 0 radical (unpaired) electrons. The summed E-state index contributed by atoms with van der Waals surface area (Å²) in [5.41, 5.74) is 7.30. The number of carbonyl (C=O) groups is 3. The molecule has 0 saturated carbocycles. The smallest absolute Gasteiger partial charge is 0.240 e. The van der Waals surface area contributed by atoms with Gasteiger partial charge in [0.2, 0.25) is 17.7 Å². The van der Waals surface area contributed by atoms with Gasteiger partial charge in [-0.25, -0.2) is 0 Å². The van der Waals surface area contributed by atoms with Gasteiger partial charge in [0, 0.05) is 13.0 Å². The third-order valence-corrected chi connectivity index (χ3v) is 4.64. The first kappa shape index (κ1) is 16.2. The molecule has 24 heavy (non-hydrogen) atoms. The van der Waals surface area contributed by atoms with E-state index in [1.54, 1.807) is 0 Å². The first-order chi connectivity index (χ1) is 11.6. The van der Waals surface area contributed by atoms with Crippen LogP contribution < -0.4 is 10.9 Å². The maximum atomic E-state index is 12.3. The molecule has 1 aliphatic carbocycles. The molecule has 3 amide bonds. The van der Waals surface area contributed by atoms with E-state index in [0.717, 1.165) is 11.3 Å².